The number of carbonyl (C=O) groups excluding carboxylic acids is 3. The molecule has 0 bridgehead atoms. The van der Waals surface area contributed by atoms with Crippen LogP contribution in [0.1, 0.15) is 26.3 Å². The molecule has 0 aliphatic carbocycles. The van der Waals surface area contributed by atoms with Gasteiger partial charge >= 0.3 is 12.6 Å². The van der Waals surface area contributed by atoms with Crippen molar-refractivity contribution in [1.29, 1.82) is 0 Å². The third-order valence-electron chi connectivity index (χ3n) is 3.80. The molecule has 0 saturated carbocycles. The third kappa shape index (κ3) is 6.87. The fourth-order valence-corrected chi connectivity index (χ4v) is 2.37. The molecule has 0 atom stereocenters. The molecule has 29 heavy (non-hydrogen) atoms. The van der Waals surface area contributed by atoms with Crippen molar-refractivity contribution in [2.45, 2.75) is 13.0 Å². The minimum atomic E-state index is -2.96. The van der Waals surface area contributed by atoms with Crippen LogP contribution in [0.25, 0.3) is 0 Å². The van der Waals surface area contributed by atoms with Crippen LogP contribution in [-0.4, -0.2) is 45.0 Å². The molecule has 0 aliphatic rings. The average Bonchev–Trinajstić information content (AvgIpc) is 2.72. The smallest absolute Gasteiger partial charge is 0.387 e. The lowest BCUT2D eigenvalue weighted by Crippen LogP contribution is -2.30. The van der Waals surface area contributed by atoms with Crippen LogP contribution in [0.2, 0.25) is 0 Å². The van der Waals surface area contributed by atoms with Crippen molar-refractivity contribution in [2.75, 3.05) is 20.3 Å². The van der Waals surface area contributed by atoms with E-state index in [4.69, 9.17) is 9.47 Å². The molecule has 0 aromatic heterocycles. The molecule has 0 fully saturated rings. The van der Waals surface area contributed by atoms with Crippen LogP contribution < -0.4 is 14.8 Å². The lowest BCUT2D eigenvalue weighted by Gasteiger charge is -2.12. The van der Waals surface area contributed by atoms with Crippen molar-refractivity contribution in [3.8, 4) is 11.5 Å². The number of halogens is 2. The van der Waals surface area contributed by atoms with E-state index in [1.807, 2.05) is 0 Å². The molecule has 0 heterocycles. The number of hydrogen-bond acceptors (Lipinski definition) is 6. The summed E-state index contributed by atoms with van der Waals surface area (Å²) in [7, 11) is 1.33. The second-order valence-electron chi connectivity index (χ2n) is 5.78. The zero-order chi connectivity index (χ0) is 21.2. The maximum Gasteiger partial charge on any atom is 0.387 e. The molecule has 0 radical (unpaired) electrons. The van der Waals surface area contributed by atoms with E-state index >= 15 is 0 Å². The fraction of sp³-hybridized carbons (Fsp3) is 0.250. The van der Waals surface area contributed by atoms with Crippen molar-refractivity contribution < 1.29 is 37.4 Å². The van der Waals surface area contributed by atoms with Crippen LogP contribution in [0.4, 0.5) is 8.78 Å². The Morgan fingerprint density at radius 1 is 1.10 bits per heavy atom. The summed E-state index contributed by atoms with van der Waals surface area (Å²) in [6.07, 6.45) is 1.05. The Morgan fingerprint density at radius 2 is 1.83 bits per heavy atom. The van der Waals surface area contributed by atoms with Gasteiger partial charge in [0, 0.05) is 12.1 Å². The molecule has 2 rings (SSSR count). The molecule has 1 N–H and O–H groups in total. The second-order valence-corrected chi connectivity index (χ2v) is 5.78. The van der Waals surface area contributed by atoms with E-state index in [0.717, 1.165) is 5.56 Å². The number of methoxy groups -OCH3 is 1. The van der Waals surface area contributed by atoms with Crippen LogP contribution >= 0.6 is 0 Å². The van der Waals surface area contributed by atoms with Gasteiger partial charge in [-0.1, -0.05) is 18.2 Å². The van der Waals surface area contributed by atoms with E-state index in [2.05, 4.69) is 10.1 Å². The largest absolute Gasteiger partial charge is 0.493 e. The summed E-state index contributed by atoms with van der Waals surface area (Å²) >= 11 is 0. The van der Waals surface area contributed by atoms with Gasteiger partial charge in [-0.3, -0.25) is 9.59 Å². The number of alkyl halides is 2. The Labute approximate surface area is 165 Å². The second kappa shape index (κ2) is 10.7. The first-order valence-corrected chi connectivity index (χ1v) is 8.53. The fourth-order valence-electron chi connectivity index (χ4n) is 2.37. The molecular weight excluding hydrogens is 388 g/mol. The quantitative estimate of drug-likeness (QED) is 0.481. The van der Waals surface area contributed by atoms with Gasteiger partial charge in [0.2, 0.25) is 0 Å². The maximum absolute atomic E-state index is 12.3. The van der Waals surface area contributed by atoms with Gasteiger partial charge in [-0.15, -0.1) is 0 Å². The van der Waals surface area contributed by atoms with E-state index in [-0.39, 0.29) is 23.6 Å². The molecule has 154 valence electrons. The maximum atomic E-state index is 12.3. The minimum absolute atomic E-state index is 0.0802. The number of nitrogens with one attached hydrogen (secondary N) is 1. The Morgan fingerprint density at radius 3 is 2.45 bits per heavy atom. The highest BCUT2D eigenvalue weighted by atomic mass is 19.3. The van der Waals surface area contributed by atoms with E-state index in [9.17, 15) is 23.2 Å². The number of carbonyl (C=O) groups is 3. The van der Waals surface area contributed by atoms with E-state index in [1.54, 1.807) is 6.07 Å². The topological polar surface area (TPSA) is 90.9 Å². The highest BCUT2D eigenvalue weighted by Crippen LogP contribution is 2.29. The predicted octanol–water partition coefficient (Wildman–Crippen LogP) is 2.62. The Balaban J connectivity index is 1.77. The zero-order valence-electron chi connectivity index (χ0n) is 15.5. The van der Waals surface area contributed by atoms with Crippen LogP contribution in [0.15, 0.2) is 42.5 Å². The number of esters is 1. The van der Waals surface area contributed by atoms with Gasteiger partial charge in [-0.25, -0.2) is 4.79 Å². The predicted molar refractivity (Wildman–Crippen MR) is 98.5 cm³/mol. The van der Waals surface area contributed by atoms with Gasteiger partial charge in [-0.05, 0) is 36.2 Å². The van der Waals surface area contributed by atoms with Gasteiger partial charge in [0.15, 0.2) is 18.1 Å². The van der Waals surface area contributed by atoms with E-state index < -0.39 is 25.1 Å². The summed E-state index contributed by atoms with van der Waals surface area (Å²) in [5.41, 5.74) is 1.38. The average molecular weight is 407 g/mol. The molecular formula is C20H19F2NO6. The highest BCUT2D eigenvalue weighted by Gasteiger charge is 2.12. The first-order chi connectivity index (χ1) is 13.9. The summed E-state index contributed by atoms with van der Waals surface area (Å²) in [4.78, 5) is 34.2. The van der Waals surface area contributed by atoms with Crippen molar-refractivity contribution in [1.82, 2.24) is 5.32 Å². The molecule has 7 nitrogen and oxygen atoms in total. The number of ether oxygens (including phenoxy) is 3. The Kier molecular flexibility index (Phi) is 8.08. The summed E-state index contributed by atoms with van der Waals surface area (Å²) in [5.74, 6) is -1.10. The Hall–Kier alpha value is -3.49. The normalized spacial score (nSPS) is 10.3. The van der Waals surface area contributed by atoms with E-state index in [1.165, 1.54) is 43.5 Å². The van der Waals surface area contributed by atoms with Crippen molar-refractivity contribution >= 4 is 18.2 Å². The molecule has 2 aromatic rings. The zero-order valence-corrected chi connectivity index (χ0v) is 15.5. The molecule has 0 unspecified atom stereocenters. The summed E-state index contributed by atoms with van der Waals surface area (Å²) in [6.45, 7) is -3.18. The number of hydrogen-bond donors (Lipinski definition) is 1. The molecule has 1 amide bonds. The van der Waals surface area contributed by atoms with Gasteiger partial charge in [0.05, 0.1) is 12.7 Å². The molecule has 0 aliphatic heterocycles. The van der Waals surface area contributed by atoms with E-state index in [0.29, 0.717) is 18.3 Å². The van der Waals surface area contributed by atoms with Crippen LogP contribution in [0.3, 0.4) is 0 Å². The summed E-state index contributed by atoms with van der Waals surface area (Å²) in [6, 6.07) is 10.3. The Bertz CT molecular complexity index is 855. The summed E-state index contributed by atoms with van der Waals surface area (Å²) < 4.78 is 38.9. The number of amides is 1. The van der Waals surface area contributed by atoms with Crippen LogP contribution in [0, 0.1) is 0 Å². The minimum Gasteiger partial charge on any atom is -0.493 e. The molecule has 9 heteroatoms. The molecule has 2 aromatic carbocycles. The number of aldehydes is 1. The first-order valence-electron chi connectivity index (χ1n) is 8.53. The first kappa shape index (κ1) is 21.8. The molecule has 0 saturated heterocycles. The lowest BCUT2D eigenvalue weighted by atomic mass is 10.1. The SMILES string of the molecule is COc1cc(CCNC(=O)COC(=O)c2ccc(C=O)cc2)ccc1OC(F)F. The van der Waals surface area contributed by atoms with Crippen molar-refractivity contribution in [3.05, 3.63) is 59.2 Å². The lowest BCUT2D eigenvalue weighted by molar-refractivity contribution is -0.124. The highest BCUT2D eigenvalue weighted by molar-refractivity contribution is 5.92. The summed E-state index contributed by atoms with van der Waals surface area (Å²) in [5, 5.41) is 2.59. The van der Waals surface area contributed by atoms with Gasteiger partial charge in [0.1, 0.15) is 6.29 Å². The monoisotopic (exact) mass is 407 g/mol. The molecule has 0 spiro atoms. The van der Waals surface area contributed by atoms with Gasteiger partial charge in [0.25, 0.3) is 5.91 Å². The number of benzene rings is 2. The standard InChI is InChI=1S/C20H19F2NO6/c1-27-17-10-13(4-7-16(17)29-20(21)22)8-9-23-18(25)12-28-19(26)15-5-2-14(11-24)3-6-15/h2-7,10-11,20H,8-9,12H2,1H3,(H,23,25). The van der Waals surface area contributed by atoms with Crippen LogP contribution in [0.5, 0.6) is 11.5 Å². The van der Waals surface area contributed by atoms with Gasteiger partial charge < -0.3 is 19.5 Å². The van der Waals surface area contributed by atoms with Crippen LogP contribution in [-0.2, 0) is 16.0 Å². The van der Waals surface area contributed by atoms with Crippen molar-refractivity contribution in [3.63, 3.8) is 0 Å². The van der Waals surface area contributed by atoms with Crippen molar-refractivity contribution in [2.24, 2.45) is 0 Å². The van der Waals surface area contributed by atoms with Gasteiger partial charge in [-0.2, -0.15) is 8.78 Å². The third-order valence-corrected chi connectivity index (χ3v) is 3.80. The number of rotatable bonds is 10.